The fourth-order valence-electron chi connectivity index (χ4n) is 1.51. The van der Waals surface area contributed by atoms with Crippen LogP contribution in [-0.2, 0) is 4.74 Å². The SMILES string of the molecule is COCCCNCC(=O)c1ccccc1OC. The maximum absolute atomic E-state index is 11.9. The average molecular weight is 237 g/mol. The highest BCUT2D eigenvalue weighted by atomic mass is 16.5. The van der Waals surface area contributed by atoms with Crippen LogP contribution >= 0.6 is 0 Å². The van der Waals surface area contributed by atoms with E-state index in [1.165, 1.54) is 0 Å². The highest BCUT2D eigenvalue weighted by Gasteiger charge is 2.10. The lowest BCUT2D eigenvalue weighted by molar-refractivity contribution is 0.0987. The molecule has 0 amide bonds. The third-order valence-electron chi connectivity index (χ3n) is 2.39. The molecular weight excluding hydrogens is 218 g/mol. The van der Waals surface area contributed by atoms with E-state index in [2.05, 4.69) is 5.32 Å². The molecule has 0 spiro atoms. The summed E-state index contributed by atoms with van der Waals surface area (Å²) in [5, 5.41) is 3.08. The quantitative estimate of drug-likeness (QED) is 0.550. The topological polar surface area (TPSA) is 47.6 Å². The Labute approximate surface area is 102 Å². The second-order valence-electron chi connectivity index (χ2n) is 3.65. The van der Waals surface area contributed by atoms with E-state index in [0.29, 0.717) is 24.5 Å². The van der Waals surface area contributed by atoms with Gasteiger partial charge >= 0.3 is 0 Å². The van der Waals surface area contributed by atoms with E-state index in [4.69, 9.17) is 9.47 Å². The lowest BCUT2D eigenvalue weighted by Crippen LogP contribution is -2.25. The summed E-state index contributed by atoms with van der Waals surface area (Å²) < 4.78 is 10.1. The molecule has 17 heavy (non-hydrogen) atoms. The zero-order valence-electron chi connectivity index (χ0n) is 10.4. The lowest BCUT2D eigenvalue weighted by Gasteiger charge is -2.08. The molecule has 0 aliphatic rings. The average Bonchev–Trinajstić information content (AvgIpc) is 2.38. The van der Waals surface area contributed by atoms with Crippen LogP contribution < -0.4 is 10.1 Å². The number of Topliss-reactive ketones (excluding diaryl/α,β-unsaturated/α-hetero) is 1. The monoisotopic (exact) mass is 237 g/mol. The van der Waals surface area contributed by atoms with E-state index < -0.39 is 0 Å². The van der Waals surface area contributed by atoms with Gasteiger partial charge in [-0.15, -0.1) is 0 Å². The van der Waals surface area contributed by atoms with Crippen LogP contribution in [0.15, 0.2) is 24.3 Å². The van der Waals surface area contributed by atoms with Gasteiger partial charge in [-0.2, -0.15) is 0 Å². The van der Waals surface area contributed by atoms with Crippen molar-refractivity contribution >= 4 is 5.78 Å². The smallest absolute Gasteiger partial charge is 0.180 e. The molecule has 0 aromatic heterocycles. The summed E-state index contributed by atoms with van der Waals surface area (Å²) in [6, 6.07) is 7.25. The van der Waals surface area contributed by atoms with Crippen LogP contribution in [0.4, 0.5) is 0 Å². The van der Waals surface area contributed by atoms with Crippen LogP contribution in [0.2, 0.25) is 0 Å². The van der Waals surface area contributed by atoms with Crippen molar-refractivity contribution in [3.8, 4) is 5.75 Å². The summed E-state index contributed by atoms with van der Waals surface area (Å²) in [5.41, 5.74) is 0.620. The number of ketones is 1. The molecule has 0 saturated heterocycles. The maximum Gasteiger partial charge on any atom is 0.180 e. The van der Waals surface area contributed by atoms with E-state index in [1.807, 2.05) is 12.1 Å². The molecule has 0 unspecified atom stereocenters. The first-order valence-electron chi connectivity index (χ1n) is 5.65. The molecule has 0 atom stereocenters. The van der Waals surface area contributed by atoms with Gasteiger partial charge in [0.05, 0.1) is 19.2 Å². The Hall–Kier alpha value is -1.39. The van der Waals surface area contributed by atoms with E-state index >= 15 is 0 Å². The van der Waals surface area contributed by atoms with E-state index in [9.17, 15) is 4.79 Å². The molecule has 1 aromatic carbocycles. The van der Waals surface area contributed by atoms with Gasteiger partial charge in [-0.25, -0.2) is 0 Å². The first-order chi connectivity index (χ1) is 8.29. The van der Waals surface area contributed by atoms with E-state index in [1.54, 1.807) is 26.4 Å². The number of rotatable bonds is 8. The van der Waals surface area contributed by atoms with Crippen molar-refractivity contribution in [3.05, 3.63) is 29.8 Å². The predicted molar refractivity (Wildman–Crippen MR) is 66.7 cm³/mol. The number of carbonyl (C=O) groups is 1. The number of hydrogen-bond donors (Lipinski definition) is 1. The molecule has 94 valence electrons. The largest absolute Gasteiger partial charge is 0.496 e. The fraction of sp³-hybridized carbons (Fsp3) is 0.462. The van der Waals surface area contributed by atoms with Crippen molar-refractivity contribution in [1.82, 2.24) is 5.32 Å². The van der Waals surface area contributed by atoms with Crippen LogP contribution in [-0.4, -0.2) is 39.7 Å². The predicted octanol–water partition coefficient (Wildman–Crippen LogP) is 1.50. The van der Waals surface area contributed by atoms with E-state index in [-0.39, 0.29) is 5.78 Å². The number of benzene rings is 1. The van der Waals surface area contributed by atoms with Gasteiger partial charge in [0.2, 0.25) is 0 Å². The number of para-hydroxylation sites is 1. The third kappa shape index (κ3) is 4.54. The Bertz CT molecular complexity index is 352. The molecule has 0 fully saturated rings. The zero-order valence-corrected chi connectivity index (χ0v) is 10.4. The van der Waals surface area contributed by atoms with Gasteiger partial charge in [0.15, 0.2) is 5.78 Å². The highest BCUT2D eigenvalue weighted by Crippen LogP contribution is 2.17. The minimum atomic E-state index is 0.0415. The molecule has 0 radical (unpaired) electrons. The Morgan fingerprint density at radius 1 is 1.29 bits per heavy atom. The molecule has 0 aliphatic heterocycles. The van der Waals surface area contributed by atoms with Crippen molar-refractivity contribution in [1.29, 1.82) is 0 Å². The van der Waals surface area contributed by atoms with Crippen LogP contribution in [0.5, 0.6) is 5.75 Å². The van der Waals surface area contributed by atoms with Crippen molar-refractivity contribution < 1.29 is 14.3 Å². The Morgan fingerprint density at radius 2 is 2.06 bits per heavy atom. The van der Waals surface area contributed by atoms with Crippen LogP contribution in [0.1, 0.15) is 16.8 Å². The summed E-state index contributed by atoms with van der Waals surface area (Å²) >= 11 is 0. The first-order valence-corrected chi connectivity index (χ1v) is 5.65. The molecule has 1 aromatic rings. The van der Waals surface area contributed by atoms with Crippen molar-refractivity contribution in [3.63, 3.8) is 0 Å². The van der Waals surface area contributed by atoms with Crippen LogP contribution in [0, 0.1) is 0 Å². The molecule has 0 heterocycles. The molecule has 4 heteroatoms. The Morgan fingerprint density at radius 3 is 2.76 bits per heavy atom. The van der Waals surface area contributed by atoms with Gasteiger partial charge in [0.25, 0.3) is 0 Å². The van der Waals surface area contributed by atoms with Crippen molar-refractivity contribution in [2.24, 2.45) is 0 Å². The second-order valence-corrected chi connectivity index (χ2v) is 3.65. The lowest BCUT2D eigenvalue weighted by atomic mass is 10.1. The Balaban J connectivity index is 2.41. The second kappa shape index (κ2) is 7.81. The number of carbonyl (C=O) groups excluding carboxylic acids is 1. The minimum Gasteiger partial charge on any atom is -0.496 e. The van der Waals surface area contributed by atoms with Crippen LogP contribution in [0.25, 0.3) is 0 Å². The molecule has 0 bridgehead atoms. The zero-order chi connectivity index (χ0) is 12.5. The number of methoxy groups -OCH3 is 2. The normalized spacial score (nSPS) is 10.2. The van der Waals surface area contributed by atoms with Gasteiger partial charge in [0, 0.05) is 13.7 Å². The summed E-state index contributed by atoms with van der Waals surface area (Å²) in [6.45, 7) is 1.80. The minimum absolute atomic E-state index is 0.0415. The van der Waals surface area contributed by atoms with Gasteiger partial charge < -0.3 is 14.8 Å². The van der Waals surface area contributed by atoms with Gasteiger partial charge in [-0.1, -0.05) is 12.1 Å². The fourth-order valence-corrected chi connectivity index (χ4v) is 1.51. The van der Waals surface area contributed by atoms with Crippen molar-refractivity contribution in [2.75, 3.05) is 33.9 Å². The summed E-state index contributed by atoms with van der Waals surface area (Å²) in [6.07, 6.45) is 0.899. The number of ether oxygens (including phenoxy) is 2. The number of hydrogen-bond acceptors (Lipinski definition) is 4. The molecular formula is C13H19NO3. The molecule has 1 N–H and O–H groups in total. The number of nitrogens with one attached hydrogen (secondary N) is 1. The van der Waals surface area contributed by atoms with Gasteiger partial charge in [-0.05, 0) is 25.1 Å². The molecule has 0 aliphatic carbocycles. The third-order valence-corrected chi connectivity index (χ3v) is 2.39. The first kappa shape index (κ1) is 13.7. The summed E-state index contributed by atoms with van der Waals surface area (Å²) in [7, 11) is 3.23. The summed E-state index contributed by atoms with van der Waals surface area (Å²) in [5.74, 6) is 0.663. The molecule has 1 rings (SSSR count). The molecule has 4 nitrogen and oxygen atoms in total. The standard InChI is InChI=1S/C13H19NO3/c1-16-9-5-8-14-10-12(15)11-6-3-4-7-13(11)17-2/h3-4,6-7,14H,5,8-10H2,1-2H3. The molecule has 0 saturated carbocycles. The van der Waals surface area contributed by atoms with Crippen molar-refractivity contribution in [2.45, 2.75) is 6.42 Å². The van der Waals surface area contributed by atoms with Crippen LogP contribution in [0.3, 0.4) is 0 Å². The Kier molecular flexibility index (Phi) is 6.29. The van der Waals surface area contributed by atoms with E-state index in [0.717, 1.165) is 13.0 Å². The summed E-state index contributed by atoms with van der Waals surface area (Å²) in [4.78, 5) is 11.9. The van der Waals surface area contributed by atoms with Gasteiger partial charge in [-0.3, -0.25) is 4.79 Å². The maximum atomic E-state index is 11.9. The van der Waals surface area contributed by atoms with Gasteiger partial charge in [0.1, 0.15) is 5.75 Å². The highest BCUT2D eigenvalue weighted by molar-refractivity contribution is 6.00.